The number of ether oxygens (including phenoxy) is 1. The lowest BCUT2D eigenvalue weighted by molar-refractivity contribution is -0.0915. The van der Waals surface area contributed by atoms with E-state index in [9.17, 15) is 5.11 Å². The SMILES string of the molecule is [2H]B(C)OC[C@H]1OC(n2cc(C#C)c3c(Cl)ncnc32)C(C)(O)[C@@H]1OB([2H])C. The van der Waals surface area contributed by atoms with Crippen LogP contribution in [0.15, 0.2) is 12.5 Å². The monoisotopic (exact) mass is 377 g/mol. The second kappa shape index (κ2) is 7.59. The van der Waals surface area contributed by atoms with E-state index in [2.05, 4.69) is 15.9 Å². The van der Waals surface area contributed by atoms with Crippen molar-refractivity contribution in [3.8, 4) is 12.3 Å². The third kappa shape index (κ3) is 3.13. The molecule has 2 unspecified atom stereocenters. The maximum Gasteiger partial charge on any atom is 0.272 e. The maximum absolute atomic E-state index is 11.3. The van der Waals surface area contributed by atoms with E-state index in [1.165, 1.54) is 6.33 Å². The van der Waals surface area contributed by atoms with E-state index in [0.29, 0.717) is 16.6 Å². The molecule has 26 heavy (non-hydrogen) atoms. The third-order valence-corrected chi connectivity index (χ3v) is 4.69. The van der Waals surface area contributed by atoms with Gasteiger partial charge in [-0.2, -0.15) is 0 Å². The van der Waals surface area contributed by atoms with Gasteiger partial charge in [-0.15, -0.1) is 6.42 Å². The molecule has 0 amide bonds. The molecule has 10 heteroatoms. The van der Waals surface area contributed by atoms with E-state index in [4.69, 9.17) is 34.7 Å². The van der Waals surface area contributed by atoms with Crippen molar-refractivity contribution in [1.82, 2.24) is 14.5 Å². The predicted octanol–water partition coefficient (Wildman–Crippen LogP) is 0.915. The first-order chi connectivity index (χ1) is 13.2. The van der Waals surface area contributed by atoms with Crippen molar-refractivity contribution in [3.05, 3.63) is 23.2 Å². The van der Waals surface area contributed by atoms with Crippen LogP contribution in [0.25, 0.3) is 11.0 Å². The summed E-state index contributed by atoms with van der Waals surface area (Å²) in [6.45, 7) is 4.69. The first-order valence-electron chi connectivity index (χ1n) is 9.29. The molecule has 1 fully saturated rings. The van der Waals surface area contributed by atoms with Crippen molar-refractivity contribution in [2.24, 2.45) is 0 Å². The van der Waals surface area contributed by atoms with Gasteiger partial charge in [0.1, 0.15) is 34.9 Å². The fourth-order valence-corrected chi connectivity index (χ4v) is 3.49. The molecule has 136 valence electrons. The lowest BCUT2D eigenvalue weighted by atomic mass is 9.93. The lowest BCUT2D eigenvalue weighted by Crippen LogP contribution is -2.46. The van der Waals surface area contributed by atoms with Crippen LogP contribution in [0.5, 0.6) is 0 Å². The quantitative estimate of drug-likeness (QED) is 0.458. The van der Waals surface area contributed by atoms with Crippen molar-refractivity contribution in [1.29, 1.82) is 2.67 Å². The molecule has 1 saturated heterocycles. The minimum atomic E-state index is -1.54. The van der Waals surface area contributed by atoms with Crippen LogP contribution >= 0.6 is 11.6 Å². The van der Waals surface area contributed by atoms with Gasteiger partial charge in [0.25, 0.3) is 14.9 Å². The smallest absolute Gasteiger partial charge is 0.272 e. The molecule has 1 aliphatic heterocycles. The Labute approximate surface area is 161 Å². The summed E-state index contributed by atoms with van der Waals surface area (Å²) in [5, 5.41) is 12.0. The van der Waals surface area contributed by atoms with E-state index >= 15 is 0 Å². The Hall–Kier alpha value is -1.56. The van der Waals surface area contributed by atoms with Crippen LogP contribution in [0.4, 0.5) is 0 Å². The Morgan fingerprint density at radius 3 is 2.96 bits per heavy atom. The van der Waals surface area contributed by atoms with Crippen molar-refractivity contribution in [2.75, 3.05) is 6.61 Å². The molecule has 3 rings (SSSR count). The molecule has 0 saturated carbocycles. The van der Waals surface area contributed by atoms with Crippen molar-refractivity contribution >= 4 is 37.5 Å². The minimum absolute atomic E-state index is 0.0195. The summed E-state index contributed by atoms with van der Waals surface area (Å²) in [6, 6.07) is 0. The molecule has 0 bridgehead atoms. The fourth-order valence-electron chi connectivity index (χ4n) is 3.26. The first kappa shape index (κ1) is 16.6. The van der Waals surface area contributed by atoms with E-state index in [-0.39, 0.29) is 11.8 Å². The summed E-state index contributed by atoms with van der Waals surface area (Å²) >= 11 is 6.19. The number of rotatable bonds is 6. The first-order valence-corrected chi connectivity index (χ1v) is 8.51. The highest BCUT2D eigenvalue weighted by Crippen LogP contribution is 2.42. The average molecular weight is 377 g/mol. The predicted molar refractivity (Wildman–Crippen MR) is 102 cm³/mol. The van der Waals surface area contributed by atoms with Gasteiger partial charge in [-0.1, -0.05) is 31.2 Å². The zero-order valence-corrected chi connectivity index (χ0v) is 15.5. The molecule has 0 radical (unpaired) electrons. The molecular weight excluding hydrogens is 355 g/mol. The molecular formula is C16H20B2ClN3O4. The zero-order chi connectivity index (χ0) is 20.6. The highest BCUT2D eigenvalue weighted by molar-refractivity contribution is 6.34. The standard InChI is InChI=1S/C16H20B2ClN3O4/c1-5-9-6-22(14-11(9)13(19)20-8-21-14)15-16(2,23)12(26-18-4)10(25-15)7-24-17-3/h1,6,8,10,12,15,17-18,23H,7H2,2-4H3/t10-,12-,15?,16?/m1/s1/i17D,18D. The molecule has 0 aromatic carbocycles. The molecule has 3 heterocycles. The number of fused-ring (bicyclic) bond motifs is 1. The van der Waals surface area contributed by atoms with Gasteiger partial charge >= 0.3 is 0 Å². The molecule has 1 aliphatic rings. The number of aromatic nitrogens is 3. The van der Waals surface area contributed by atoms with Crippen LogP contribution in [-0.2, 0) is 14.0 Å². The number of hydrogen-bond acceptors (Lipinski definition) is 6. The Morgan fingerprint density at radius 2 is 2.31 bits per heavy atom. The van der Waals surface area contributed by atoms with E-state index in [0.717, 1.165) is 0 Å². The second-order valence-corrected chi connectivity index (χ2v) is 6.43. The molecule has 7 nitrogen and oxygen atoms in total. The minimum Gasteiger partial charge on any atom is -0.437 e. The maximum atomic E-state index is 11.3. The van der Waals surface area contributed by atoms with Gasteiger partial charge < -0.3 is 23.7 Å². The van der Waals surface area contributed by atoms with Gasteiger partial charge in [-0.3, -0.25) is 0 Å². The average Bonchev–Trinajstić information content (AvgIpc) is 3.09. The third-order valence-electron chi connectivity index (χ3n) is 4.40. The highest BCUT2D eigenvalue weighted by Gasteiger charge is 2.54. The summed E-state index contributed by atoms with van der Waals surface area (Å²) in [5.41, 5.74) is -0.666. The van der Waals surface area contributed by atoms with Gasteiger partial charge in [0.05, 0.1) is 17.6 Å². The van der Waals surface area contributed by atoms with Gasteiger partial charge in [0.2, 0.25) is 0 Å². The highest BCUT2D eigenvalue weighted by atomic mass is 35.5. The van der Waals surface area contributed by atoms with Gasteiger partial charge in [-0.25, -0.2) is 9.97 Å². The second-order valence-electron chi connectivity index (χ2n) is 6.07. The summed E-state index contributed by atoms with van der Waals surface area (Å²) < 4.78 is 33.9. The Kier molecular flexibility index (Phi) is 4.85. The summed E-state index contributed by atoms with van der Waals surface area (Å²) in [5.74, 6) is 2.54. The van der Waals surface area contributed by atoms with E-state index in [1.807, 2.05) is 0 Å². The van der Waals surface area contributed by atoms with Crippen molar-refractivity contribution < 1.29 is 19.2 Å². The number of nitrogens with zero attached hydrogens (tertiary/aromatic N) is 3. The summed E-state index contributed by atoms with van der Waals surface area (Å²) in [4.78, 5) is 8.21. The lowest BCUT2D eigenvalue weighted by Gasteiger charge is -2.30. The fraction of sp³-hybridized carbons (Fsp3) is 0.500. The van der Waals surface area contributed by atoms with E-state index in [1.54, 1.807) is 31.3 Å². The number of hydrogen-bond donors (Lipinski definition) is 1. The van der Waals surface area contributed by atoms with Gasteiger partial charge in [-0.05, 0) is 6.92 Å². The molecule has 4 atom stereocenters. The zero-order valence-electron chi connectivity index (χ0n) is 16.7. The Balaban J connectivity index is 2.05. The number of terminal acetylenes is 1. The topological polar surface area (TPSA) is 78.6 Å². The molecule has 2 aromatic heterocycles. The van der Waals surface area contributed by atoms with Gasteiger partial charge in [0, 0.05) is 8.87 Å². The van der Waals surface area contributed by atoms with Crippen LogP contribution < -0.4 is 0 Å². The molecule has 0 spiro atoms. The number of halogens is 1. The van der Waals surface area contributed by atoms with Crippen LogP contribution in [-0.4, -0.2) is 61.6 Å². The molecule has 2 aromatic rings. The van der Waals surface area contributed by atoms with Crippen LogP contribution in [0.1, 0.15) is 18.7 Å². The van der Waals surface area contributed by atoms with Crippen molar-refractivity contribution in [3.63, 3.8) is 0 Å². The van der Waals surface area contributed by atoms with Crippen molar-refractivity contribution in [2.45, 2.75) is 44.6 Å². The normalized spacial score (nSPS) is 29.3. The Bertz CT molecular complexity index is 906. The van der Waals surface area contributed by atoms with E-state index < -0.39 is 38.9 Å². The largest absolute Gasteiger partial charge is 0.437 e. The van der Waals surface area contributed by atoms with Crippen LogP contribution in [0.2, 0.25) is 18.8 Å². The van der Waals surface area contributed by atoms with Crippen LogP contribution in [0, 0.1) is 12.3 Å². The summed E-state index contributed by atoms with van der Waals surface area (Å²) in [6.07, 6.45) is 6.01. The van der Waals surface area contributed by atoms with Crippen LogP contribution in [0.3, 0.4) is 0 Å². The Morgan fingerprint density at radius 1 is 1.54 bits per heavy atom. The van der Waals surface area contributed by atoms with Gasteiger partial charge in [0.15, 0.2) is 6.23 Å². The summed E-state index contributed by atoms with van der Waals surface area (Å²) in [7, 11) is -1.66. The molecule has 0 aliphatic carbocycles. The molecule has 1 N–H and O–H groups in total. The number of aliphatic hydroxyl groups is 1.